The number of carbonyl (C=O) groups is 2. The molecule has 0 radical (unpaired) electrons. The van der Waals surface area contributed by atoms with Gasteiger partial charge in [0.25, 0.3) is 0 Å². The maximum Gasteiger partial charge on any atom is 0.338 e. The lowest BCUT2D eigenvalue weighted by atomic mass is 9.46. The van der Waals surface area contributed by atoms with Gasteiger partial charge in [-0.05, 0) is 115 Å². The van der Waals surface area contributed by atoms with Crippen LogP contribution >= 0.6 is 0 Å². The molecule has 4 aliphatic carbocycles. The zero-order valence-corrected chi connectivity index (χ0v) is 32.2. The van der Waals surface area contributed by atoms with Crippen molar-refractivity contribution in [3.05, 3.63) is 47.5 Å². The van der Waals surface area contributed by atoms with E-state index in [2.05, 4.69) is 47.6 Å². The van der Waals surface area contributed by atoms with Gasteiger partial charge in [0, 0.05) is 6.42 Å². The van der Waals surface area contributed by atoms with Gasteiger partial charge in [0.2, 0.25) is 0 Å². The molecular weight excluding hydrogens is 604 g/mol. The van der Waals surface area contributed by atoms with Crippen LogP contribution in [-0.4, -0.2) is 24.1 Å². The van der Waals surface area contributed by atoms with Crippen LogP contribution in [0.3, 0.4) is 0 Å². The summed E-state index contributed by atoms with van der Waals surface area (Å²) in [5, 5.41) is 0. The van der Waals surface area contributed by atoms with Gasteiger partial charge >= 0.3 is 11.9 Å². The van der Waals surface area contributed by atoms with Gasteiger partial charge < -0.3 is 9.47 Å². The van der Waals surface area contributed by atoms with E-state index in [1.165, 1.54) is 89.0 Å². The van der Waals surface area contributed by atoms with Crippen LogP contribution in [0.15, 0.2) is 42.0 Å². The third-order valence-electron chi connectivity index (χ3n) is 14.1. The number of esters is 2. The van der Waals surface area contributed by atoms with Gasteiger partial charge in [-0.1, -0.05) is 130 Å². The van der Waals surface area contributed by atoms with Crippen molar-refractivity contribution in [1.82, 2.24) is 0 Å². The van der Waals surface area contributed by atoms with E-state index >= 15 is 0 Å². The first-order chi connectivity index (χ1) is 23.6. The largest absolute Gasteiger partial charge is 0.454 e. The fourth-order valence-corrected chi connectivity index (χ4v) is 11.4. The number of benzene rings is 1. The maximum atomic E-state index is 13.5. The quantitative estimate of drug-likeness (QED) is 0.0937. The molecule has 3 fully saturated rings. The SMILES string of the molecule is CCCCCCCCCCC(=O)OC1C2=CC[C@H]3[C@@H]4CC[C@H]([C@H](C)CCCC(C)C)[C@@]4(C)CC[C@@H]3[C@@]2(C)CC[C@@H]1OC(=O)c1ccccc1. The fraction of sp³-hybridized carbons (Fsp3) is 0.778. The average Bonchev–Trinajstić information content (AvgIpc) is 3.44. The van der Waals surface area contributed by atoms with Crippen LogP contribution in [0.2, 0.25) is 0 Å². The van der Waals surface area contributed by atoms with Crippen molar-refractivity contribution in [2.75, 3.05) is 0 Å². The summed E-state index contributed by atoms with van der Waals surface area (Å²) in [5.74, 6) is 4.04. The predicted molar refractivity (Wildman–Crippen MR) is 201 cm³/mol. The Morgan fingerprint density at radius 1 is 0.796 bits per heavy atom. The Hall–Kier alpha value is -2.10. The minimum absolute atomic E-state index is 0.0235. The molecule has 9 atom stereocenters. The molecule has 1 unspecified atom stereocenters. The van der Waals surface area contributed by atoms with E-state index in [0.29, 0.717) is 29.2 Å². The molecule has 49 heavy (non-hydrogen) atoms. The summed E-state index contributed by atoms with van der Waals surface area (Å²) < 4.78 is 12.7. The van der Waals surface area contributed by atoms with E-state index in [1.807, 2.05) is 30.3 Å². The van der Waals surface area contributed by atoms with Gasteiger partial charge in [-0.25, -0.2) is 4.79 Å². The highest BCUT2D eigenvalue weighted by Crippen LogP contribution is 2.67. The summed E-state index contributed by atoms with van der Waals surface area (Å²) in [4.78, 5) is 26.8. The number of hydrogen-bond donors (Lipinski definition) is 0. The highest BCUT2D eigenvalue weighted by molar-refractivity contribution is 5.89. The van der Waals surface area contributed by atoms with Gasteiger partial charge in [0.15, 0.2) is 6.10 Å². The summed E-state index contributed by atoms with van der Waals surface area (Å²) in [5.41, 5.74) is 2.21. The van der Waals surface area contributed by atoms with Gasteiger partial charge in [-0.15, -0.1) is 0 Å². The van der Waals surface area contributed by atoms with E-state index in [0.717, 1.165) is 55.8 Å². The number of fused-ring (bicyclic) bond motifs is 5. The summed E-state index contributed by atoms with van der Waals surface area (Å²) in [7, 11) is 0. The highest BCUT2D eigenvalue weighted by Gasteiger charge is 2.61. The van der Waals surface area contributed by atoms with Crippen molar-refractivity contribution in [1.29, 1.82) is 0 Å². The van der Waals surface area contributed by atoms with E-state index in [4.69, 9.17) is 9.47 Å². The molecule has 4 nitrogen and oxygen atoms in total. The number of carbonyl (C=O) groups excluding carboxylic acids is 2. The van der Waals surface area contributed by atoms with Crippen LogP contribution in [0.1, 0.15) is 174 Å². The second kappa shape index (κ2) is 17.4. The number of rotatable bonds is 17. The van der Waals surface area contributed by atoms with E-state index in [1.54, 1.807) is 0 Å². The highest BCUT2D eigenvalue weighted by atomic mass is 16.6. The Labute approximate surface area is 300 Å². The number of ether oxygens (including phenoxy) is 2. The lowest BCUT2D eigenvalue weighted by Crippen LogP contribution is -2.55. The van der Waals surface area contributed by atoms with Gasteiger partial charge in [0.1, 0.15) is 6.10 Å². The normalized spacial score (nSPS) is 32.8. The van der Waals surface area contributed by atoms with E-state index in [9.17, 15) is 9.59 Å². The minimum atomic E-state index is -0.487. The predicted octanol–water partition coefficient (Wildman–Crippen LogP) is 12.3. The Bertz CT molecular complexity index is 1240. The van der Waals surface area contributed by atoms with Crippen LogP contribution in [0.25, 0.3) is 0 Å². The molecule has 0 aliphatic heterocycles. The third-order valence-corrected chi connectivity index (χ3v) is 14.1. The smallest absolute Gasteiger partial charge is 0.338 e. The molecule has 0 heterocycles. The zero-order chi connectivity index (χ0) is 35.0. The first-order valence-electron chi connectivity index (χ1n) is 20.7. The lowest BCUT2D eigenvalue weighted by Gasteiger charge is -2.59. The monoisotopic (exact) mass is 675 g/mol. The molecular formula is C45H70O4. The van der Waals surface area contributed by atoms with Crippen molar-refractivity contribution in [2.24, 2.45) is 46.3 Å². The van der Waals surface area contributed by atoms with Crippen molar-refractivity contribution in [3.63, 3.8) is 0 Å². The first kappa shape index (κ1) is 38.1. The molecule has 4 heteroatoms. The fourth-order valence-electron chi connectivity index (χ4n) is 11.4. The van der Waals surface area contributed by atoms with E-state index < -0.39 is 12.2 Å². The minimum Gasteiger partial charge on any atom is -0.454 e. The molecule has 0 spiro atoms. The molecule has 274 valence electrons. The summed E-state index contributed by atoms with van der Waals surface area (Å²) in [6.07, 6.45) is 23.7. The van der Waals surface area contributed by atoms with Crippen LogP contribution in [0.5, 0.6) is 0 Å². The molecule has 1 aromatic rings. The molecule has 0 bridgehead atoms. The zero-order valence-electron chi connectivity index (χ0n) is 32.2. The van der Waals surface area contributed by atoms with E-state index in [-0.39, 0.29) is 17.4 Å². The summed E-state index contributed by atoms with van der Waals surface area (Å²) in [6, 6.07) is 9.27. The van der Waals surface area contributed by atoms with Crippen molar-refractivity contribution in [3.8, 4) is 0 Å². The van der Waals surface area contributed by atoms with Crippen molar-refractivity contribution >= 4 is 11.9 Å². The lowest BCUT2D eigenvalue weighted by molar-refractivity contribution is -0.158. The van der Waals surface area contributed by atoms with Crippen LogP contribution in [0.4, 0.5) is 0 Å². The molecule has 0 amide bonds. The van der Waals surface area contributed by atoms with Crippen LogP contribution in [-0.2, 0) is 14.3 Å². The molecule has 0 saturated heterocycles. The second-order valence-electron chi connectivity index (χ2n) is 17.7. The molecule has 5 rings (SSSR count). The Kier molecular flexibility index (Phi) is 13.6. The Morgan fingerprint density at radius 3 is 2.22 bits per heavy atom. The van der Waals surface area contributed by atoms with Crippen molar-refractivity contribution in [2.45, 2.75) is 176 Å². The number of unbranched alkanes of at least 4 members (excludes halogenated alkanes) is 7. The molecule has 0 aromatic heterocycles. The summed E-state index contributed by atoms with van der Waals surface area (Å²) in [6.45, 7) is 14.6. The topological polar surface area (TPSA) is 52.6 Å². The Balaban J connectivity index is 1.29. The molecule has 4 aliphatic rings. The molecule has 3 saturated carbocycles. The van der Waals surface area contributed by atoms with Gasteiger partial charge in [-0.2, -0.15) is 0 Å². The molecule has 0 N–H and O–H groups in total. The maximum absolute atomic E-state index is 13.5. The standard InChI is InChI=1S/C45H70O4/c1-7-8-9-10-11-12-13-17-23-41(46)49-42-39-25-24-35-37-27-26-36(33(4)20-18-19-32(2)3)44(37,5)30-28-38(35)45(39,6)31-29-40(42)48-43(47)34-21-15-14-16-22-34/h14-16,21-22,25,32-33,35-38,40,42H,7-13,17-20,23-24,26-31H2,1-6H3/t33-,35+,36-,37+,38+,40+,42?,44-,45-/m1/s1. The van der Waals surface area contributed by atoms with Crippen molar-refractivity contribution < 1.29 is 19.1 Å². The Morgan fingerprint density at radius 2 is 1.51 bits per heavy atom. The van der Waals surface area contributed by atoms with Crippen LogP contribution < -0.4 is 0 Å². The third kappa shape index (κ3) is 8.86. The van der Waals surface area contributed by atoms with Gasteiger partial charge in [0.05, 0.1) is 5.56 Å². The second-order valence-corrected chi connectivity index (χ2v) is 17.7. The van der Waals surface area contributed by atoms with Gasteiger partial charge in [-0.3, -0.25) is 4.79 Å². The molecule has 1 aromatic carbocycles. The number of allylic oxidation sites excluding steroid dienone is 1. The average molecular weight is 675 g/mol. The van der Waals surface area contributed by atoms with Crippen LogP contribution in [0, 0.1) is 46.3 Å². The number of hydrogen-bond acceptors (Lipinski definition) is 4. The first-order valence-corrected chi connectivity index (χ1v) is 20.7. The summed E-state index contributed by atoms with van der Waals surface area (Å²) >= 11 is 0.